The van der Waals surface area contributed by atoms with Gasteiger partial charge in [0.05, 0.1) is 11.1 Å². The summed E-state index contributed by atoms with van der Waals surface area (Å²) in [6.45, 7) is 2.84. The van der Waals surface area contributed by atoms with E-state index in [4.69, 9.17) is 23.8 Å². The van der Waals surface area contributed by atoms with Gasteiger partial charge in [0, 0.05) is 20.8 Å². The van der Waals surface area contributed by atoms with E-state index in [1.165, 1.54) is 12.1 Å². The van der Waals surface area contributed by atoms with E-state index in [9.17, 15) is 29.1 Å². The number of ether oxygens (including phenoxy) is 4. The molecule has 2 amide bonds. The quantitative estimate of drug-likeness (QED) is 0.345. The topological polar surface area (TPSA) is 155 Å². The molecule has 5 atom stereocenters. The number of benzene rings is 1. The van der Waals surface area contributed by atoms with Gasteiger partial charge in [-0.25, -0.2) is 0 Å². The molecule has 0 radical (unpaired) electrons. The molecule has 32 heavy (non-hydrogen) atoms. The summed E-state index contributed by atoms with van der Waals surface area (Å²) in [5.41, 5.74) is 0.161. The van der Waals surface area contributed by atoms with E-state index in [0.717, 1.165) is 20.8 Å². The van der Waals surface area contributed by atoms with Gasteiger partial charge in [0.1, 0.15) is 12.7 Å². The third-order valence-corrected chi connectivity index (χ3v) is 4.65. The molecule has 0 bridgehead atoms. The number of imide groups is 1. The summed E-state index contributed by atoms with van der Waals surface area (Å²) in [6, 6.07) is 5.97. The van der Waals surface area contributed by atoms with Crippen LogP contribution in [0.15, 0.2) is 24.3 Å². The van der Waals surface area contributed by atoms with Gasteiger partial charge in [-0.3, -0.25) is 28.8 Å². The van der Waals surface area contributed by atoms with Crippen molar-refractivity contribution in [3.05, 3.63) is 35.4 Å². The zero-order valence-corrected chi connectivity index (χ0v) is 17.4. The summed E-state index contributed by atoms with van der Waals surface area (Å²) in [5, 5.41) is 10.9. The Morgan fingerprint density at radius 1 is 0.906 bits per heavy atom. The zero-order chi connectivity index (χ0) is 23.6. The van der Waals surface area contributed by atoms with Crippen LogP contribution in [0, 0.1) is 0 Å². The lowest BCUT2D eigenvalue weighted by atomic mass is 9.98. The smallest absolute Gasteiger partial charge is 0.303 e. The normalized spacial score (nSPS) is 27.0. The monoisotopic (exact) mass is 451 g/mol. The van der Waals surface area contributed by atoms with E-state index in [2.05, 4.69) is 0 Å². The Hall–Kier alpha value is -3.35. The number of carbonyl (C=O) groups excluding carboxylic acids is 5. The third-order valence-electron chi connectivity index (χ3n) is 4.65. The first kappa shape index (κ1) is 23.3. The van der Waals surface area contributed by atoms with Crippen molar-refractivity contribution in [3.8, 4) is 0 Å². The van der Waals surface area contributed by atoms with Crippen LogP contribution in [0.2, 0.25) is 0 Å². The highest BCUT2D eigenvalue weighted by Gasteiger charge is 2.53. The van der Waals surface area contributed by atoms with Crippen LogP contribution in [-0.4, -0.2) is 77.2 Å². The van der Waals surface area contributed by atoms with Crippen LogP contribution in [0.3, 0.4) is 0 Å². The Bertz CT molecular complexity index is 910. The standard InChI is InChI=1S/C20H21NO11/c1-9(22)28-8-14-15(29-10(2)23)16(30-11(3)24)17(20(27)31-14)32-21-18(25)12-6-4-5-7-13(12)19(21)26/h4-7,14-17,20,27H,8H2,1-3H3/t14-,15-,16+,17-,20-/m1/s1. The molecule has 2 heterocycles. The Morgan fingerprint density at radius 2 is 1.44 bits per heavy atom. The first-order chi connectivity index (χ1) is 15.1. The van der Waals surface area contributed by atoms with Crippen LogP contribution < -0.4 is 0 Å². The van der Waals surface area contributed by atoms with Gasteiger partial charge in [0.25, 0.3) is 11.8 Å². The second kappa shape index (κ2) is 9.42. The predicted molar refractivity (Wildman–Crippen MR) is 100 cm³/mol. The Labute approximate surface area is 181 Å². The minimum Gasteiger partial charge on any atom is -0.463 e. The SMILES string of the molecule is CC(=O)OC[C@H]1O[C@@H](O)[C@H](ON2C(=O)c3ccccc3C2=O)[C@@H](OC(C)=O)[C@@H]1OC(C)=O. The lowest BCUT2D eigenvalue weighted by Gasteiger charge is -2.43. The second-order valence-corrected chi connectivity index (χ2v) is 7.04. The molecule has 0 unspecified atom stereocenters. The summed E-state index contributed by atoms with van der Waals surface area (Å²) in [4.78, 5) is 65.3. The number of rotatable bonds is 6. The molecule has 1 aromatic rings. The average Bonchev–Trinajstić information content (AvgIpc) is 2.95. The molecule has 1 saturated heterocycles. The number of aliphatic hydroxyl groups excluding tert-OH is 1. The van der Waals surface area contributed by atoms with Gasteiger partial charge < -0.3 is 24.1 Å². The average molecular weight is 451 g/mol. The van der Waals surface area contributed by atoms with E-state index in [0.29, 0.717) is 5.06 Å². The minimum atomic E-state index is -1.85. The van der Waals surface area contributed by atoms with E-state index in [-0.39, 0.29) is 11.1 Å². The van der Waals surface area contributed by atoms with Crippen molar-refractivity contribution >= 4 is 29.7 Å². The Kier molecular flexibility index (Phi) is 6.87. The van der Waals surface area contributed by atoms with E-state index < -0.39 is 67.0 Å². The number of hydrogen-bond acceptors (Lipinski definition) is 11. The van der Waals surface area contributed by atoms with E-state index in [1.54, 1.807) is 12.1 Å². The Balaban J connectivity index is 1.90. The molecule has 3 rings (SSSR count). The molecule has 172 valence electrons. The van der Waals surface area contributed by atoms with Crippen molar-refractivity contribution in [1.29, 1.82) is 0 Å². The number of hydroxylamine groups is 2. The fraction of sp³-hybridized carbons (Fsp3) is 0.450. The molecule has 1 aromatic carbocycles. The third kappa shape index (κ3) is 4.77. The van der Waals surface area contributed by atoms with E-state index in [1.807, 2.05) is 0 Å². The van der Waals surface area contributed by atoms with E-state index >= 15 is 0 Å². The first-order valence-corrected chi connectivity index (χ1v) is 9.56. The van der Waals surface area contributed by atoms with Crippen LogP contribution >= 0.6 is 0 Å². The largest absolute Gasteiger partial charge is 0.463 e. The molecule has 0 saturated carbocycles. The van der Waals surface area contributed by atoms with Crippen LogP contribution in [0.4, 0.5) is 0 Å². The van der Waals surface area contributed by atoms with Crippen molar-refractivity contribution in [2.75, 3.05) is 6.61 Å². The van der Waals surface area contributed by atoms with Crippen LogP contribution in [0.1, 0.15) is 41.5 Å². The second-order valence-electron chi connectivity index (χ2n) is 7.04. The highest BCUT2D eigenvalue weighted by Crippen LogP contribution is 2.31. The lowest BCUT2D eigenvalue weighted by Crippen LogP contribution is -2.63. The maximum absolute atomic E-state index is 12.6. The number of amides is 2. The van der Waals surface area contributed by atoms with Crippen molar-refractivity contribution < 1.29 is 52.9 Å². The number of nitrogens with zero attached hydrogens (tertiary/aromatic N) is 1. The van der Waals surface area contributed by atoms with Crippen molar-refractivity contribution in [1.82, 2.24) is 5.06 Å². The predicted octanol–water partition coefficient (Wildman–Crippen LogP) is -0.274. The number of carbonyl (C=O) groups is 5. The summed E-state index contributed by atoms with van der Waals surface area (Å²) in [7, 11) is 0. The van der Waals surface area contributed by atoms with Gasteiger partial charge in [0.2, 0.25) is 0 Å². The van der Waals surface area contributed by atoms with Crippen LogP contribution in [0.25, 0.3) is 0 Å². The fourth-order valence-electron chi connectivity index (χ4n) is 3.39. The molecule has 0 aromatic heterocycles. The van der Waals surface area contributed by atoms with Gasteiger partial charge in [-0.15, -0.1) is 5.06 Å². The molecule has 1 N–H and O–H groups in total. The summed E-state index contributed by atoms with van der Waals surface area (Å²) in [5.74, 6) is -3.89. The van der Waals surface area contributed by atoms with Gasteiger partial charge >= 0.3 is 17.9 Å². The van der Waals surface area contributed by atoms with Crippen molar-refractivity contribution in [3.63, 3.8) is 0 Å². The Morgan fingerprint density at radius 3 is 1.94 bits per heavy atom. The fourth-order valence-corrected chi connectivity index (χ4v) is 3.39. The molecule has 12 nitrogen and oxygen atoms in total. The summed E-state index contributed by atoms with van der Waals surface area (Å²) < 4.78 is 20.6. The molecule has 2 aliphatic heterocycles. The maximum atomic E-state index is 12.6. The molecule has 2 aliphatic rings. The highest BCUT2D eigenvalue weighted by molar-refractivity contribution is 6.20. The van der Waals surface area contributed by atoms with Gasteiger partial charge in [-0.05, 0) is 12.1 Å². The van der Waals surface area contributed by atoms with Crippen LogP contribution in [-0.2, 0) is 38.2 Å². The van der Waals surface area contributed by atoms with Crippen molar-refractivity contribution in [2.45, 2.75) is 51.5 Å². The minimum absolute atomic E-state index is 0.0806. The molecular formula is C20H21NO11. The van der Waals surface area contributed by atoms with Gasteiger partial charge in [0.15, 0.2) is 24.6 Å². The van der Waals surface area contributed by atoms with Gasteiger partial charge in [-0.1, -0.05) is 12.1 Å². The molecule has 0 spiro atoms. The molecule has 1 fully saturated rings. The highest BCUT2D eigenvalue weighted by atomic mass is 16.8. The summed E-state index contributed by atoms with van der Waals surface area (Å²) in [6.07, 6.45) is -7.62. The van der Waals surface area contributed by atoms with Gasteiger partial charge in [-0.2, -0.15) is 0 Å². The van der Waals surface area contributed by atoms with Crippen molar-refractivity contribution in [2.24, 2.45) is 0 Å². The first-order valence-electron chi connectivity index (χ1n) is 9.56. The summed E-state index contributed by atoms with van der Waals surface area (Å²) >= 11 is 0. The number of hydrogen-bond donors (Lipinski definition) is 1. The number of esters is 3. The van der Waals surface area contributed by atoms with Crippen LogP contribution in [0.5, 0.6) is 0 Å². The molecular weight excluding hydrogens is 430 g/mol. The number of fused-ring (bicyclic) bond motifs is 1. The number of aliphatic hydroxyl groups is 1. The molecule has 0 aliphatic carbocycles. The zero-order valence-electron chi connectivity index (χ0n) is 17.4. The maximum Gasteiger partial charge on any atom is 0.303 e. The molecule has 12 heteroatoms. The lowest BCUT2D eigenvalue weighted by molar-refractivity contribution is -0.326.